The molecule has 2 aromatic carbocycles. The maximum absolute atomic E-state index is 13.2. The molecule has 0 fully saturated rings. The van der Waals surface area contributed by atoms with Gasteiger partial charge in [-0.25, -0.2) is 8.60 Å². The third-order valence-corrected chi connectivity index (χ3v) is 2.66. The Hall–Kier alpha value is -1.26. The van der Waals surface area contributed by atoms with Crippen LogP contribution in [-0.4, -0.2) is 8.76 Å². The van der Waals surface area contributed by atoms with Gasteiger partial charge in [0.1, 0.15) is 5.82 Å². The molecular weight excluding hydrogens is 203 g/mol. The van der Waals surface area contributed by atoms with Crippen molar-refractivity contribution in [3.05, 3.63) is 42.2 Å². The van der Waals surface area contributed by atoms with E-state index in [-0.39, 0.29) is 10.7 Å². The molecule has 2 rings (SSSR count). The molecule has 14 heavy (non-hydrogen) atoms. The monoisotopic (exact) mass is 210 g/mol. The highest BCUT2D eigenvalue weighted by Crippen LogP contribution is 2.20. The molecule has 0 aliphatic rings. The zero-order chi connectivity index (χ0) is 10.1. The van der Waals surface area contributed by atoms with Crippen molar-refractivity contribution < 1.29 is 13.2 Å². The lowest BCUT2D eigenvalue weighted by atomic mass is 10.1. The van der Waals surface area contributed by atoms with Gasteiger partial charge in [-0.2, -0.15) is 0 Å². The van der Waals surface area contributed by atoms with Crippen molar-refractivity contribution >= 4 is 21.9 Å². The summed E-state index contributed by atoms with van der Waals surface area (Å²) in [7, 11) is 0. The standard InChI is InChI=1S/C10H7FO2S/c11-10-3-1-2-7-6-8(14(12)13)4-5-9(7)10/h1-6H,(H,12,13). The zero-order valence-corrected chi connectivity index (χ0v) is 7.92. The van der Waals surface area contributed by atoms with Crippen LogP contribution in [0.5, 0.6) is 0 Å². The van der Waals surface area contributed by atoms with E-state index in [1.807, 2.05) is 0 Å². The molecule has 2 nitrogen and oxygen atoms in total. The zero-order valence-electron chi connectivity index (χ0n) is 7.11. The molecule has 0 amide bonds. The lowest BCUT2D eigenvalue weighted by Crippen LogP contribution is -1.88. The van der Waals surface area contributed by atoms with E-state index < -0.39 is 11.1 Å². The molecule has 1 unspecified atom stereocenters. The van der Waals surface area contributed by atoms with Gasteiger partial charge in [0.05, 0.1) is 4.90 Å². The largest absolute Gasteiger partial charge is 0.302 e. The molecule has 0 aliphatic carbocycles. The van der Waals surface area contributed by atoms with E-state index in [0.717, 1.165) is 0 Å². The Balaban J connectivity index is 2.73. The van der Waals surface area contributed by atoms with E-state index in [0.29, 0.717) is 10.8 Å². The van der Waals surface area contributed by atoms with Gasteiger partial charge in [-0.1, -0.05) is 18.2 Å². The van der Waals surface area contributed by atoms with Crippen LogP contribution >= 0.6 is 0 Å². The van der Waals surface area contributed by atoms with Crippen molar-refractivity contribution in [3.63, 3.8) is 0 Å². The third-order valence-electron chi connectivity index (χ3n) is 2.00. The molecule has 0 saturated heterocycles. The number of hydrogen-bond acceptors (Lipinski definition) is 1. The maximum atomic E-state index is 13.2. The van der Waals surface area contributed by atoms with Gasteiger partial charge in [0.25, 0.3) is 0 Å². The second-order valence-corrected chi connectivity index (χ2v) is 3.84. The Morgan fingerprint density at radius 3 is 2.71 bits per heavy atom. The first-order valence-electron chi connectivity index (χ1n) is 3.97. The lowest BCUT2D eigenvalue weighted by Gasteiger charge is -2.00. The van der Waals surface area contributed by atoms with Gasteiger partial charge in [0.15, 0.2) is 11.1 Å². The summed E-state index contributed by atoms with van der Waals surface area (Å²) in [5.74, 6) is -0.322. The van der Waals surface area contributed by atoms with Crippen LogP contribution in [0.25, 0.3) is 10.8 Å². The van der Waals surface area contributed by atoms with Gasteiger partial charge < -0.3 is 4.55 Å². The molecule has 0 saturated carbocycles. The van der Waals surface area contributed by atoms with Gasteiger partial charge >= 0.3 is 0 Å². The molecule has 0 spiro atoms. The Bertz CT molecular complexity index is 510. The summed E-state index contributed by atoms with van der Waals surface area (Å²) >= 11 is -2.01. The second kappa shape index (κ2) is 3.48. The minimum atomic E-state index is -2.01. The molecule has 1 atom stereocenters. The smallest absolute Gasteiger partial charge is 0.186 e. The summed E-state index contributed by atoms with van der Waals surface area (Å²) in [6, 6.07) is 9.10. The topological polar surface area (TPSA) is 37.3 Å². The molecule has 72 valence electrons. The van der Waals surface area contributed by atoms with Crippen molar-refractivity contribution in [2.75, 3.05) is 0 Å². The number of benzene rings is 2. The van der Waals surface area contributed by atoms with Crippen LogP contribution in [0, 0.1) is 5.82 Å². The normalized spacial score (nSPS) is 13.0. The molecule has 4 heteroatoms. The van der Waals surface area contributed by atoms with Crippen LogP contribution in [-0.2, 0) is 11.1 Å². The quantitative estimate of drug-likeness (QED) is 0.734. The fourth-order valence-corrected chi connectivity index (χ4v) is 1.74. The van der Waals surface area contributed by atoms with Crippen LogP contribution in [0.4, 0.5) is 4.39 Å². The number of hydrogen-bond donors (Lipinski definition) is 1. The van der Waals surface area contributed by atoms with Crippen molar-refractivity contribution in [3.8, 4) is 0 Å². The van der Waals surface area contributed by atoms with Gasteiger partial charge in [0.2, 0.25) is 0 Å². The molecule has 0 heterocycles. The van der Waals surface area contributed by atoms with Crippen molar-refractivity contribution in [2.45, 2.75) is 4.90 Å². The Kier molecular flexibility index (Phi) is 2.31. The minimum absolute atomic E-state index is 0.281. The van der Waals surface area contributed by atoms with Gasteiger partial charge in [-0.05, 0) is 23.6 Å². The highest BCUT2D eigenvalue weighted by molar-refractivity contribution is 7.79. The first kappa shape index (κ1) is 9.30. The number of rotatable bonds is 1. The Morgan fingerprint density at radius 2 is 2.00 bits per heavy atom. The predicted molar refractivity (Wildman–Crippen MR) is 52.9 cm³/mol. The predicted octanol–water partition coefficient (Wildman–Crippen LogP) is 2.56. The third kappa shape index (κ3) is 1.54. The van der Waals surface area contributed by atoms with Crippen molar-refractivity contribution in [2.24, 2.45) is 0 Å². The molecule has 0 aromatic heterocycles. The molecular formula is C10H7FO2S. The summed E-state index contributed by atoms with van der Waals surface area (Å²) in [6.45, 7) is 0. The molecule has 0 radical (unpaired) electrons. The van der Waals surface area contributed by atoms with Crippen molar-refractivity contribution in [1.82, 2.24) is 0 Å². The van der Waals surface area contributed by atoms with Gasteiger partial charge in [-0.15, -0.1) is 0 Å². The van der Waals surface area contributed by atoms with Crippen LogP contribution in [0.1, 0.15) is 0 Å². The summed E-state index contributed by atoms with van der Waals surface area (Å²) < 4.78 is 32.8. The average molecular weight is 210 g/mol. The van der Waals surface area contributed by atoms with Crippen LogP contribution in [0.15, 0.2) is 41.3 Å². The first-order valence-corrected chi connectivity index (χ1v) is 5.08. The van der Waals surface area contributed by atoms with E-state index in [9.17, 15) is 8.60 Å². The van der Waals surface area contributed by atoms with Crippen molar-refractivity contribution in [1.29, 1.82) is 0 Å². The summed E-state index contributed by atoms with van der Waals surface area (Å²) in [4.78, 5) is 0.281. The first-order chi connectivity index (χ1) is 6.68. The van der Waals surface area contributed by atoms with E-state index in [4.69, 9.17) is 4.55 Å². The van der Waals surface area contributed by atoms with E-state index in [1.54, 1.807) is 12.1 Å². The highest BCUT2D eigenvalue weighted by Gasteiger charge is 2.03. The van der Waals surface area contributed by atoms with Crippen LogP contribution in [0.3, 0.4) is 0 Å². The minimum Gasteiger partial charge on any atom is -0.302 e. The second-order valence-electron chi connectivity index (χ2n) is 2.87. The Morgan fingerprint density at radius 1 is 1.21 bits per heavy atom. The summed E-state index contributed by atoms with van der Waals surface area (Å²) in [5.41, 5.74) is 0. The average Bonchev–Trinajstić information content (AvgIpc) is 2.17. The molecule has 2 aromatic rings. The van der Waals surface area contributed by atoms with E-state index >= 15 is 0 Å². The SMILES string of the molecule is O=S(O)c1ccc2c(F)cccc2c1. The number of halogens is 1. The Labute approximate surface area is 82.7 Å². The fourth-order valence-electron chi connectivity index (χ4n) is 1.33. The highest BCUT2D eigenvalue weighted by atomic mass is 32.2. The summed E-state index contributed by atoms with van der Waals surface area (Å²) in [6.07, 6.45) is 0. The van der Waals surface area contributed by atoms with E-state index in [2.05, 4.69) is 0 Å². The van der Waals surface area contributed by atoms with E-state index in [1.165, 1.54) is 24.3 Å². The number of fused-ring (bicyclic) bond motifs is 1. The molecule has 0 bridgehead atoms. The lowest BCUT2D eigenvalue weighted by molar-refractivity contribution is 0.564. The molecule has 0 aliphatic heterocycles. The maximum Gasteiger partial charge on any atom is 0.186 e. The fraction of sp³-hybridized carbons (Fsp3) is 0. The van der Waals surface area contributed by atoms with Gasteiger partial charge in [-0.3, -0.25) is 0 Å². The van der Waals surface area contributed by atoms with Crippen LogP contribution in [0.2, 0.25) is 0 Å². The van der Waals surface area contributed by atoms with Gasteiger partial charge in [0, 0.05) is 5.39 Å². The summed E-state index contributed by atoms with van der Waals surface area (Å²) in [5, 5.41) is 1.09. The molecule has 1 N–H and O–H groups in total. The van der Waals surface area contributed by atoms with Crippen LogP contribution < -0.4 is 0 Å².